The van der Waals surface area contributed by atoms with E-state index in [1.165, 1.54) is 6.07 Å². The van der Waals surface area contributed by atoms with E-state index < -0.39 is 5.82 Å². The van der Waals surface area contributed by atoms with Crippen LogP contribution in [0.2, 0.25) is 0 Å². The predicted octanol–water partition coefficient (Wildman–Crippen LogP) is 3.94. The molecular weight excluding hydrogens is 243 g/mol. The van der Waals surface area contributed by atoms with Crippen molar-refractivity contribution in [1.29, 1.82) is 0 Å². The SMILES string of the molecule is CC(C)Oc1cc(Nc2ccccc2)c(N)cc1F. The highest BCUT2D eigenvalue weighted by Gasteiger charge is 2.10. The van der Waals surface area contributed by atoms with E-state index in [0.717, 1.165) is 5.69 Å². The Kier molecular flexibility index (Phi) is 3.90. The fourth-order valence-corrected chi connectivity index (χ4v) is 1.70. The molecule has 2 rings (SSSR count). The Morgan fingerprint density at radius 3 is 2.47 bits per heavy atom. The lowest BCUT2D eigenvalue weighted by Gasteiger charge is -2.15. The van der Waals surface area contributed by atoms with Crippen LogP contribution in [0, 0.1) is 5.82 Å². The number of ether oxygens (including phenoxy) is 1. The summed E-state index contributed by atoms with van der Waals surface area (Å²) in [6.45, 7) is 3.69. The van der Waals surface area contributed by atoms with E-state index >= 15 is 0 Å². The summed E-state index contributed by atoms with van der Waals surface area (Å²) in [7, 11) is 0. The van der Waals surface area contributed by atoms with Gasteiger partial charge in [-0.2, -0.15) is 0 Å². The number of benzene rings is 2. The molecule has 3 nitrogen and oxygen atoms in total. The number of rotatable bonds is 4. The van der Waals surface area contributed by atoms with Crippen molar-refractivity contribution < 1.29 is 9.13 Å². The van der Waals surface area contributed by atoms with Crippen molar-refractivity contribution in [1.82, 2.24) is 0 Å². The van der Waals surface area contributed by atoms with Crippen LogP contribution in [0.4, 0.5) is 21.5 Å². The van der Waals surface area contributed by atoms with Crippen LogP contribution in [-0.2, 0) is 0 Å². The Morgan fingerprint density at radius 2 is 1.84 bits per heavy atom. The van der Waals surface area contributed by atoms with Crippen molar-refractivity contribution in [2.75, 3.05) is 11.1 Å². The average Bonchev–Trinajstić information content (AvgIpc) is 2.36. The summed E-state index contributed by atoms with van der Waals surface area (Å²) in [6.07, 6.45) is -0.0947. The Balaban J connectivity index is 2.29. The van der Waals surface area contributed by atoms with Gasteiger partial charge in [-0.15, -0.1) is 0 Å². The first-order chi connectivity index (χ1) is 9.06. The zero-order valence-corrected chi connectivity index (χ0v) is 11.0. The summed E-state index contributed by atoms with van der Waals surface area (Å²) >= 11 is 0. The molecule has 0 heterocycles. The van der Waals surface area contributed by atoms with Crippen LogP contribution >= 0.6 is 0 Å². The maximum atomic E-state index is 13.7. The van der Waals surface area contributed by atoms with Gasteiger partial charge >= 0.3 is 0 Å². The molecule has 0 fully saturated rings. The third kappa shape index (κ3) is 3.37. The van der Waals surface area contributed by atoms with Crippen molar-refractivity contribution >= 4 is 17.1 Å². The molecule has 4 heteroatoms. The van der Waals surface area contributed by atoms with E-state index in [2.05, 4.69) is 5.32 Å². The molecule has 0 unspecified atom stereocenters. The van der Waals surface area contributed by atoms with E-state index in [0.29, 0.717) is 11.4 Å². The zero-order valence-electron chi connectivity index (χ0n) is 11.0. The number of hydrogen-bond acceptors (Lipinski definition) is 3. The first-order valence-electron chi connectivity index (χ1n) is 6.14. The molecule has 100 valence electrons. The first kappa shape index (κ1) is 13.2. The molecule has 0 aromatic heterocycles. The van der Waals surface area contributed by atoms with E-state index in [4.69, 9.17) is 10.5 Å². The summed E-state index contributed by atoms with van der Waals surface area (Å²) in [6, 6.07) is 12.4. The summed E-state index contributed by atoms with van der Waals surface area (Å²) in [5, 5.41) is 3.14. The monoisotopic (exact) mass is 260 g/mol. The van der Waals surface area contributed by atoms with Crippen LogP contribution in [0.1, 0.15) is 13.8 Å². The maximum absolute atomic E-state index is 13.7. The molecule has 0 radical (unpaired) electrons. The Morgan fingerprint density at radius 1 is 1.16 bits per heavy atom. The van der Waals surface area contributed by atoms with Crippen molar-refractivity contribution in [3.8, 4) is 5.75 Å². The fourth-order valence-electron chi connectivity index (χ4n) is 1.70. The number of nitrogens with two attached hydrogens (primary N) is 1. The summed E-state index contributed by atoms with van der Waals surface area (Å²) in [5.74, 6) is -0.257. The molecule has 3 N–H and O–H groups in total. The second-order valence-electron chi connectivity index (χ2n) is 4.53. The molecule has 0 atom stereocenters. The van der Waals surface area contributed by atoms with Crippen LogP contribution in [0.5, 0.6) is 5.75 Å². The summed E-state index contributed by atoms with van der Waals surface area (Å²) < 4.78 is 19.1. The van der Waals surface area contributed by atoms with Gasteiger partial charge in [-0.1, -0.05) is 18.2 Å². The van der Waals surface area contributed by atoms with E-state index in [9.17, 15) is 4.39 Å². The largest absolute Gasteiger partial charge is 0.488 e. The second-order valence-corrected chi connectivity index (χ2v) is 4.53. The van der Waals surface area contributed by atoms with Gasteiger partial charge < -0.3 is 15.8 Å². The number of hydrogen-bond donors (Lipinski definition) is 2. The summed E-state index contributed by atoms with van der Waals surface area (Å²) in [4.78, 5) is 0. The third-order valence-electron chi connectivity index (χ3n) is 2.52. The normalized spacial score (nSPS) is 10.5. The molecule has 0 aliphatic rings. The van der Waals surface area contributed by atoms with Crippen molar-refractivity contribution in [3.63, 3.8) is 0 Å². The van der Waals surface area contributed by atoms with Gasteiger partial charge in [0.15, 0.2) is 11.6 Å². The van der Waals surface area contributed by atoms with Gasteiger partial charge in [0.05, 0.1) is 17.5 Å². The van der Waals surface area contributed by atoms with Crippen molar-refractivity contribution in [3.05, 3.63) is 48.3 Å². The molecule has 0 spiro atoms. The molecule has 2 aromatic rings. The molecule has 0 saturated heterocycles. The molecule has 0 bridgehead atoms. The average molecular weight is 260 g/mol. The third-order valence-corrected chi connectivity index (χ3v) is 2.52. The van der Waals surface area contributed by atoms with Crippen LogP contribution in [0.3, 0.4) is 0 Å². The zero-order chi connectivity index (χ0) is 13.8. The number of para-hydroxylation sites is 1. The second kappa shape index (κ2) is 5.61. The molecular formula is C15H17FN2O. The van der Waals surface area contributed by atoms with Crippen LogP contribution in [0.15, 0.2) is 42.5 Å². The quantitative estimate of drug-likeness (QED) is 0.818. The lowest BCUT2D eigenvalue weighted by Crippen LogP contribution is -2.08. The van der Waals surface area contributed by atoms with Crippen LogP contribution in [0.25, 0.3) is 0 Å². The first-order valence-corrected chi connectivity index (χ1v) is 6.14. The number of anilines is 3. The van der Waals surface area contributed by atoms with Gasteiger partial charge in [0.1, 0.15) is 0 Å². The van der Waals surface area contributed by atoms with Gasteiger partial charge in [0.25, 0.3) is 0 Å². The molecule has 2 aromatic carbocycles. The van der Waals surface area contributed by atoms with Crippen molar-refractivity contribution in [2.24, 2.45) is 0 Å². The van der Waals surface area contributed by atoms with Gasteiger partial charge in [0.2, 0.25) is 0 Å². The molecule has 0 amide bonds. The Bertz CT molecular complexity index is 556. The highest BCUT2D eigenvalue weighted by Crippen LogP contribution is 2.30. The minimum absolute atomic E-state index is 0.0947. The highest BCUT2D eigenvalue weighted by atomic mass is 19.1. The van der Waals surface area contributed by atoms with Gasteiger partial charge in [0, 0.05) is 17.8 Å². The standard InChI is InChI=1S/C15H17FN2O/c1-10(2)19-15-9-14(13(17)8-12(15)16)18-11-6-4-3-5-7-11/h3-10,18H,17H2,1-2H3. The molecule has 0 aliphatic carbocycles. The number of nitrogens with one attached hydrogen (secondary N) is 1. The maximum Gasteiger partial charge on any atom is 0.167 e. The van der Waals surface area contributed by atoms with Crippen molar-refractivity contribution in [2.45, 2.75) is 20.0 Å². The van der Waals surface area contributed by atoms with E-state index in [-0.39, 0.29) is 11.9 Å². The van der Waals surface area contributed by atoms with Gasteiger partial charge in [-0.3, -0.25) is 0 Å². The van der Waals surface area contributed by atoms with E-state index in [1.54, 1.807) is 6.07 Å². The fraction of sp³-hybridized carbons (Fsp3) is 0.200. The molecule has 0 aliphatic heterocycles. The molecule has 0 saturated carbocycles. The topological polar surface area (TPSA) is 47.3 Å². The smallest absolute Gasteiger partial charge is 0.167 e. The predicted molar refractivity (Wildman–Crippen MR) is 76.3 cm³/mol. The van der Waals surface area contributed by atoms with Gasteiger partial charge in [-0.25, -0.2) is 4.39 Å². The lowest BCUT2D eigenvalue weighted by atomic mass is 10.2. The van der Waals surface area contributed by atoms with E-state index in [1.807, 2.05) is 44.2 Å². The lowest BCUT2D eigenvalue weighted by molar-refractivity contribution is 0.231. The van der Waals surface area contributed by atoms with Gasteiger partial charge in [-0.05, 0) is 26.0 Å². The van der Waals surface area contributed by atoms with Crippen LogP contribution < -0.4 is 15.8 Å². The summed E-state index contributed by atoms with van der Waals surface area (Å²) in [5.41, 5.74) is 7.67. The minimum atomic E-state index is -0.454. The Labute approximate surface area is 112 Å². The minimum Gasteiger partial charge on any atom is -0.488 e. The number of halogens is 1. The molecule has 19 heavy (non-hydrogen) atoms. The number of nitrogen functional groups attached to an aromatic ring is 1. The van der Waals surface area contributed by atoms with Crippen LogP contribution in [-0.4, -0.2) is 6.10 Å². The highest BCUT2D eigenvalue weighted by molar-refractivity contribution is 5.74. The Hall–Kier alpha value is -2.23.